The summed E-state index contributed by atoms with van der Waals surface area (Å²) >= 11 is 0. The van der Waals surface area contributed by atoms with E-state index in [9.17, 15) is 4.79 Å². The van der Waals surface area contributed by atoms with Gasteiger partial charge in [-0.15, -0.1) is 0 Å². The molecule has 150 valence electrons. The Morgan fingerprint density at radius 2 is 1.68 bits per heavy atom. The van der Waals surface area contributed by atoms with Gasteiger partial charge in [-0.3, -0.25) is 0 Å². The van der Waals surface area contributed by atoms with Gasteiger partial charge in [-0.2, -0.15) is 0 Å². The third-order valence-corrected chi connectivity index (χ3v) is 4.59. The van der Waals surface area contributed by atoms with Gasteiger partial charge in [0.15, 0.2) is 0 Å². The van der Waals surface area contributed by atoms with Crippen molar-refractivity contribution in [3.63, 3.8) is 0 Å². The van der Waals surface area contributed by atoms with Crippen molar-refractivity contribution in [2.24, 2.45) is 0 Å². The highest BCUT2D eigenvalue weighted by Crippen LogP contribution is 2.24. The van der Waals surface area contributed by atoms with Crippen LogP contribution in [-0.4, -0.2) is 23.2 Å². The summed E-state index contributed by atoms with van der Waals surface area (Å²) in [4.78, 5) is 16.2. The molecule has 0 unspecified atom stereocenters. The summed E-state index contributed by atoms with van der Waals surface area (Å²) in [5.41, 5.74) is 1.95. The summed E-state index contributed by atoms with van der Waals surface area (Å²) in [6.07, 6.45) is 6.96. The molecule has 1 saturated carbocycles. The van der Waals surface area contributed by atoms with E-state index in [1.807, 2.05) is 50.2 Å². The molecular formula is C22H29N3O3. The van der Waals surface area contributed by atoms with Crippen LogP contribution in [-0.2, 0) is 13.1 Å². The van der Waals surface area contributed by atoms with Crippen molar-refractivity contribution in [1.82, 2.24) is 15.6 Å². The van der Waals surface area contributed by atoms with E-state index in [1.165, 1.54) is 12.8 Å². The Morgan fingerprint density at radius 1 is 1.04 bits per heavy atom. The molecule has 1 aromatic heterocycles. The fraction of sp³-hybridized carbons (Fsp3) is 0.455. The van der Waals surface area contributed by atoms with Crippen molar-refractivity contribution in [3.8, 4) is 11.6 Å². The summed E-state index contributed by atoms with van der Waals surface area (Å²) in [7, 11) is 0. The first-order valence-corrected chi connectivity index (χ1v) is 9.97. The molecule has 6 nitrogen and oxygen atoms in total. The first kappa shape index (κ1) is 20.0. The number of hydrogen-bond acceptors (Lipinski definition) is 4. The maximum absolute atomic E-state index is 12.0. The lowest BCUT2D eigenvalue weighted by Crippen LogP contribution is -2.34. The van der Waals surface area contributed by atoms with Gasteiger partial charge in [-0.05, 0) is 62.8 Å². The molecule has 3 rings (SSSR count). The number of amides is 2. The minimum absolute atomic E-state index is 0.0885. The van der Waals surface area contributed by atoms with Gasteiger partial charge in [-0.25, -0.2) is 9.78 Å². The maximum Gasteiger partial charge on any atom is 0.315 e. The molecule has 6 heteroatoms. The van der Waals surface area contributed by atoms with Crippen LogP contribution in [0.5, 0.6) is 11.6 Å². The third-order valence-electron chi connectivity index (χ3n) is 4.59. The second kappa shape index (κ2) is 9.97. The van der Waals surface area contributed by atoms with Crippen LogP contribution in [0.2, 0.25) is 0 Å². The summed E-state index contributed by atoms with van der Waals surface area (Å²) in [6, 6.07) is 11.4. The second-order valence-corrected chi connectivity index (χ2v) is 7.38. The van der Waals surface area contributed by atoms with Gasteiger partial charge in [0.1, 0.15) is 5.75 Å². The molecule has 1 fully saturated rings. The molecule has 1 aliphatic rings. The average Bonchev–Trinajstić information content (AvgIpc) is 3.19. The Balaban J connectivity index is 1.37. The minimum Gasteiger partial charge on any atom is -0.490 e. The number of carbonyl (C=O) groups excluding carboxylic acids is 1. The number of nitrogens with zero attached hydrogens (tertiary/aromatic N) is 1. The van der Waals surface area contributed by atoms with E-state index < -0.39 is 0 Å². The minimum atomic E-state index is -0.214. The van der Waals surface area contributed by atoms with Crippen LogP contribution in [0, 0.1) is 0 Å². The molecule has 2 aromatic rings. The number of benzene rings is 1. The Labute approximate surface area is 166 Å². The standard InChI is InChI=1S/C22H29N3O3/c1-16(2)27-21-12-9-18(14-23-21)15-25-22(26)24-13-17-7-10-20(11-8-17)28-19-5-3-4-6-19/h7-12,14,16,19H,3-6,13,15H2,1-2H3,(H2,24,25,26). The lowest BCUT2D eigenvalue weighted by molar-refractivity contribution is 0.210. The number of carbonyl (C=O) groups is 1. The number of nitrogens with one attached hydrogen (secondary N) is 2. The van der Waals surface area contributed by atoms with E-state index in [1.54, 1.807) is 6.20 Å². The highest BCUT2D eigenvalue weighted by atomic mass is 16.5. The molecule has 0 aliphatic heterocycles. The molecule has 2 N–H and O–H groups in total. The normalized spacial score (nSPS) is 14.1. The first-order chi connectivity index (χ1) is 13.6. The molecule has 0 bridgehead atoms. The fourth-order valence-corrected chi connectivity index (χ4v) is 3.14. The van der Waals surface area contributed by atoms with E-state index in [2.05, 4.69) is 15.6 Å². The topological polar surface area (TPSA) is 72.5 Å². The van der Waals surface area contributed by atoms with Crippen molar-refractivity contribution in [1.29, 1.82) is 0 Å². The fourth-order valence-electron chi connectivity index (χ4n) is 3.14. The van der Waals surface area contributed by atoms with E-state index in [0.29, 0.717) is 25.1 Å². The maximum atomic E-state index is 12.0. The molecule has 1 aliphatic carbocycles. The molecule has 28 heavy (non-hydrogen) atoms. The Morgan fingerprint density at radius 3 is 2.29 bits per heavy atom. The molecule has 2 amide bonds. The molecule has 1 aromatic carbocycles. The zero-order valence-corrected chi connectivity index (χ0v) is 16.6. The molecule has 0 radical (unpaired) electrons. The van der Waals surface area contributed by atoms with E-state index >= 15 is 0 Å². The third kappa shape index (κ3) is 6.44. The van der Waals surface area contributed by atoms with Gasteiger partial charge >= 0.3 is 6.03 Å². The van der Waals surface area contributed by atoms with Gasteiger partial charge in [0.05, 0.1) is 12.2 Å². The second-order valence-electron chi connectivity index (χ2n) is 7.38. The van der Waals surface area contributed by atoms with Crippen LogP contribution >= 0.6 is 0 Å². The van der Waals surface area contributed by atoms with Crippen LogP contribution in [0.4, 0.5) is 4.79 Å². The lowest BCUT2D eigenvalue weighted by Gasteiger charge is -2.13. The number of ether oxygens (including phenoxy) is 2. The average molecular weight is 383 g/mol. The quantitative estimate of drug-likeness (QED) is 0.717. The summed E-state index contributed by atoms with van der Waals surface area (Å²) < 4.78 is 11.5. The first-order valence-electron chi connectivity index (χ1n) is 9.97. The van der Waals surface area contributed by atoms with Gasteiger partial charge in [0.25, 0.3) is 0 Å². The largest absolute Gasteiger partial charge is 0.490 e. The predicted octanol–water partition coefficient (Wildman–Crippen LogP) is 4.19. The molecule has 0 spiro atoms. The predicted molar refractivity (Wildman–Crippen MR) is 108 cm³/mol. The highest BCUT2D eigenvalue weighted by Gasteiger charge is 2.16. The summed E-state index contributed by atoms with van der Waals surface area (Å²) in [5, 5.41) is 5.70. The van der Waals surface area contributed by atoms with Crippen molar-refractivity contribution >= 4 is 6.03 Å². The zero-order valence-electron chi connectivity index (χ0n) is 16.6. The van der Waals surface area contributed by atoms with E-state index in [4.69, 9.17) is 9.47 Å². The zero-order chi connectivity index (χ0) is 19.8. The van der Waals surface area contributed by atoms with Crippen molar-refractivity contribution in [2.75, 3.05) is 0 Å². The van der Waals surface area contributed by atoms with Gasteiger partial charge in [0, 0.05) is 25.4 Å². The Kier molecular flexibility index (Phi) is 7.12. The monoisotopic (exact) mass is 383 g/mol. The smallest absolute Gasteiger partial charge is 0.315 e. The van der Waals surface area contributed by atoms with E-state index in [-0.39, 0.29) is 12.1 Å². The number of rotatable bonds is 8. The Bertz CT molecular complexity index is 739. The van der Waals surface area contributed by atoms with Gasteiger partial charge < -0.3 is 20.1 Å². The molecular weight excluding hydrogens is 354 g/mol. The molecule has 1 heterocycles. The summed E-state index contributed by atoms with van der Waals surface area (Å²) in [6.45, 7) is 4.79. The van der Waals surface area contributed by atoms with Crippen LogP contribution in [0.25, 0.3) is 0 Å². The number of urea groups is 1. The molecule has 0 atom stereocenters. The van der Waals surface area contributed by atoms with Crippen molar-refractivity contribution in [2.45, 2.75) is 64.8 Å². The van der Waals surface area contributed by atoms with Crippen LogP contribution in [0.1, 0.15) is 50.7 Å². The molecule has 0 saturated heterocycles. The van der Waals surface area contributed by atoms with Crippen molar-refractivity contribution in [3.05, 3.63) is 53.7 Å². The summed E-state index contributed by atoms with van der Waals surface area (Å²) in [5.74, 6) is 1.49. The highest BCUT2D eigenvalue weighted by molar-refractivity contribution is 5.73. The number of hydrogen-bond donors (Lipinski definition) is 2. The van der Waals surface area contributed by atoms with Crippen LogP contribution < -0.4 is 20.1 Å². The van der Waals surface area contributed by atoms with Crippen molar-refractivity contribution < 1.29 is 14.3 Å². The van der Waals surface area contributed by atoms with Crippen LogP contribution in [0.15, 0.2) is 42.6 Å². The number of pyridine rings is 1. The lowest BCUT2D eigenvalue weighted by atomic mass is 10.2. The van der Waals surface area contributed by atoms with Gasteiger partial charge in [-0.1, -0.05) is 18.2 Å². The van der Waals surface area contributed by atoms with E-state index in [0.717, 1.165) is 29.7 Å². The SMILES string of the molecule is CC(C)Oc1ccc(CNC(=O)NCc2ccc(OC3CCCC3)cc2)cn1. The Hall–Kier alpha value is -2.76. The number of aromatic nitrogens is 1. The van der Waals surface area contributed by atoms with Crippen LogP contribution in [0.3, 0.4) is 0 Å². The van der Waals surface area contributed by atoms with Gasteiger partial charge in [0.2, 0.25) is 5.88 Å².